The lowest BCUT2D eigenvalue weighted by Crippen LogP contribution is -2.15. The Kier molecular flexibility index (Phi) is 4.85. The third-order valence-corrected chi connectivity index (χ3v) is 1.11. The van der Waals surface area contributed by atoms with Crippen molar-refractivity contribution in [2.45, 2.75) is 0 Å². The summed E-state index contributed by atoms with van der Waals surface area (Å²) >= 11 is 0. The van der Waals surface area contributed by atoms with E-state index in [0.717, 1.165) is 0 Å². The molecule has 0 saturated carbocycles. The highest BCUT2D eigenvalue weighted by molar-refractivity contribution is 7.55. The van der Waals surface area contributed by atoms with Gasteiger partial charge in [0.2, 0.25) is 0 Å². The summed E-state index contributed by atoms with van der Waals surface area (Å²) in [6.07, 6.45) is 0. The molecule has 48 valence electrons. The molecular formula is C3H9N2O2P. The summed E-state index contributed by atoms with van der Waals surface area (Å²) in [4.78, 5) is 9.78. The highest BCUT2D eigenvalue weighted by atomic mass is 31.1. The molecule has 0 aromatic heterocycles. The summed E-state index contributed by atoms with van der Waals surface area (Å²) in [5, 5.41) is 10.7. The molecule has 8 heavy (non-hydrogen) atoms. The molecule has 0 spiro atoms. The Bertz CT molecular complexity index is 77.7. The van der Waals surface area contributed by atoms with E-state index in [0.29, 0.717) is 13.1 Å². The number of nitrogens with one attached hydrogen (secondary N) is 1. The molecule has 0 heterocycles. The van der Waals surface area contributed by atoms with E-state index in [2.05, 4.69) is 5.09 Å². The van der Waals surface area contributed by atoms with E-state index in [9.17, 15) is 4.79 Å². The van der Waals surface area contributed by atoms with Gasteiger partial charge in [0.1, 0.15) is 0 Å². The number of hydrogen-bond acceptors (Lipinski definition) is 3. The second-order valence-electron chi connectivity index (χ2n) is 1.15. The molecular weight excluding hydrogens is 127 g/mol. The Hall–Kier alpha value is -0.180. The first-order valence-corrected chi connectivity index (χ1v) is 3.19. The van der Waals surface area contributed by atoms with E-state index in [1.54, 1.807) is 0 Å². The van der Waals surface area contributed by atoms with Gasteiger partial charge in [0.25, 0.3) is 0 Å². The maximum atomic E-state index is 9.78. The first-order chi connectivity index (χ1) is 3.77. The Morgan fingerprint density at radius 1 is 1.88 bits per heavy atom. The van der Waals surface area contributed by atoms with E-state index in [4.69, 9.17) is 10.8 Å². The van der Waals surface area contributed by atoms with Crippen LogP contribution in [0.1, 0.15) is 0 Å². The molecule has 1 atom stereocenters. The van der Waals surface area contributed by atoms with Crippen molar-refractivity contribution in [3.8, 4) is 0 Å². The fourth-order valence-electron chi connectivity index (χ4n) is 0.210. The highest BCUT2D eigenvalue weighted by Gasteiger charge is 1.90. The fourth-order valence-corrected chi connectivity index (χ4v) is 0.631. The van der Waals surface area contributed by atoms with Crippen LogP contribution in [0.3, 0.4) is 0 Å². The molecule has 5 heteroatoms. The predicted molar refractivity (Wildman–Crippen MR) is 33.4 cm³/mol. The number of carboxylic acid groups (broad SMARTS) is 1. The molecule has 0 saturated heterocycles. The molecule has 0 amide bonds. The van der Waals surface area contributed by atoms with Crippen LogP contribution in [-0.4, -0.2) is 23.9 Å². The van der Waals surface area contributed by atoms with Crippen LogP contribution in [0.4, 0.5) is 4.79 Å². The summed E-state index contributed by atoms with van der Waals surface area (Å²) < 4.78 is 0. The van der Waals surface area contributed by atoms with Crippen molar-refractivity contribution in [2.24, 2.45) is 5.73 Å². The Balaban J connectivity index is 2.82. The van der Waals surface area contributed by atoms with Crippen molar-refractivity contribution in [1.29, 1.82) is 0 Å². The fraction of sp³-hybridized carbons (Fsp3) is 0.667. The lowest BCUT2D eigenvalue weighted by Gasteiger charge is -1.94. The largest absolute Gasteiger partial charge is 0.477 e. The number of rotatable bonds is 4. The molecule has 0 radical (unpaired) electrons. The molecule has 4 N–H and O–H groups in total. The van der Waals surface area contributed by atoms with E-state index in [1.165, 1.54) is 0 Å². The van der Waals surface area contributed by atoms with Gasteiger partial charge in [0, 0.05) is 13.1 Å². The monoisotopic (exact) mass is 136 g/mol. The Labute approximate surface area is 49.3 Å². The van der Waals surface area contributed by atoms with Gasteiger partial charge in [0.05, 0.1) is 8.73 Å². The van der Waals surface area contributed by atoms with Gasteiger partial charge < -0.3 is 10.8 Å². The van der Waals surface area contributed by atoms with Gasteiger partial charge in [-0.05, 0) is 0 Å². The SMILES string of the molecule is NCCNPC(=O)O. The van der Waals surface area contributed by atoms with Gasteiger partial charge in [-0.15, -0.1) is 0 Å². The summed E-state index contributed by atoms with van der Waals surface area (Å²) in [6, 6.07) is 0. The van der Waals surface area contributed by atoms with Gasteiger partial charge in [-0.2, -0.15) is 0 Å². The lowest BCUT2D eigenvalue weighted by molar-refractivity contribution is 0.221. The molecule has 0 aliphatic carbocycles. The molecule has 4 nitrogen and oxygen atoms in total. The predicted octanol–water partition coefficient (Wildman–Crippen LogP) is -0.194. The molecule has 0 aliphatic rings. The maximum Gasteiger partial charge on any atom is 0.335 e. The smallest absolute Gasteiger partial charge is 0.335 e. The normalized spacial score (nSPS) is 10.6. The molecule has 0 bridgehead atoms. The summed E-state index contributed by atoms with van der Waals surface area (Å²) in [7, 11) is -0.218. The summed E-state index contributed by atoms with van der Waals surface area (Å²) in [5.74, 6) is 0. The minimum Gasteiger partial charge on any atom is -0.477 e. The zero-order valence-corrected chi connectivity index (χ0v) is 5.35. The maximum absolute atomic E-state index is 9.78. The van der Waals surface area contributed by atoms with Crippen molar-refractivity contribution >= 4 is 14.4 Å². The zero-order valence-electron chi connectivity index (χ0n) is 4.35. The van der Waals surface area contributed by atoms with Crippen LogP contribution >= 0.6 is 8.73 Å². The second kappa shape index (κ2) is 4.97. The third-order valence-electron chi connectivity index (χ3n) is 0.465. The Morgan fingerprint density at radius 3 is 2.88 bits per heavy atom. The van der Waals surface area contributed by atoms with Crippen molar-refractivity contribution in [3.63, 3.8) is 0 Å². The minimum absolute atomic E-state index is 0.218. The van der Waals surface area contributed by atoms with Gasteiger partial charge in [0.15, 0.2) is 0 Å². The Morgan fingerprint density at radius 2 is 2.50 bits per heavy atom. The molecule has 0 aromatic carbocycles. The topological polar surface area (TPSA) is 75.3 Å². The highest BCUT2D eigenvalue weighted by Crippen LogP contribution is 2.00. The van der Waals surface area contributed by atoms with Gasteiger partial charge in [-0.3, -0.25) is 5.09 Å². The summed E-state index contributed by atoms with van der Waals surface area (Å²) in [6.45, 7) is 1.06. The molecule has 0 rings (SSSR count). The average Bonchev–Trinajstić information content (AvgIpc) is 1.66. The van der Waals surface area contributed by atoms with Crippen molar-refractivity contribution in [1.82, 2.24) is 5.09 Å². The van der Waals surface area contributed by atoms with Gasteiger partial charge in [-0.25, -0.2) is 4.79 Å². The van der Waals surface area contributed by atoms with Crippen molar-refractivity contribution in [2.75, 3.05) is 13.1 Å². The minimum atomic E-state index is -0.821. The quantitative estimate of drug-likeness (QED) is 0.369. The molecule has 0 aromatic rings. The van der Waals surface area contributed by atoms with E-state index in [1.807, 2.05) is 0 Å². The van der Waals surface area contributed by atoms with E-state index >= 15 is 0 Å². The number of hydrogen-bond donors (Lipinski definition) is 3. The van der Waals surface area contributed by atoms with Crippen LogP contribution in [0.2, 0.25) is 0 Å². The standard InChI is InChI=1S/C3H9N2O2P/c4-1-2-5-8-3(6)7/h5,8H,1-2,4H2,(H,6,7). The van der Waals surface area contributed by atoms with E-state index in [-0.39, 0.29) is 8.73 Å². The zero-order chi connectivity index (χ0) is 6.41. The van der Waals surface area contributed by atoms with Crippen LogP contribution in [-0.2, 0) is 0 Å². The molecule has 0 fully saturated rings. The van der Waals surface area contributed by atoms with Crippen LogP contribution in [0.5, 0.6) is 0 Å². The first-order valence-electron chi connectivity index (χ1n) is 2.19. The van der Waals surface area contributed by atoms with Crippen LogP contribution in [0, 0.1) is 0 Å². The number of carbonyl (C=O) groups is 1. The van der Waals surface area contributed by atoms with Gasteiger partial charge >= 0.3 is 5.71 Å². The number of nitrogens with two attached hydrogens (primary N) is 1. The molecule has 0 aliphatic heterocycles. The van der Waals surface area contributed by atoms with E-state index < -0.39 is 5.71 Å². The first kappa shape index (κ1) is 7.82. The van der Waals surface area contributed by atoms with Crippen LogP contribution < -0.4 is 10.8 Å². The van der Waals surface area contributed by atoms with Crippen molar-refractivity contribution in [3.05, 3.63) is 0 Å². The lowest BCUT2D eigenvalue weighted by atomic mass is 10.7. The second-order valence-corrected chi connectivity index (χ2v) is 2.18. The van der Waals surface area contributed by atoms with Crippen LogP contribution in [0.25, 0.3) is 0 Å². The summed E-state index contributed by atoms with van der Waals surface area (Å²) in [5.41, 5.74) is 4.24. The molecule has 1 unspecified atom stereocenters. The third kappa shape index (κ3) is 5.82. The van der Waals surface area contributed by atoms with Gasteiger partial charge in [-0.1, -0.05) is 0 Å². The average molecular weight is 136 g/mol. The van der Waals surface area contributed by atoms with Crippen LogP contribution in [0.15, 0.2) is 0 Å². The van der Waals surface area contributed by atoms with Crippen molar-refractivity contribution < 1.29 is 9.90 Å².